The lowest BCUT2D eigenvalue weighted by Crippen LogP contribution is -1.95. The first-order valence-corrected chi connectivity index (χ1v) is 13.4. The normalized spacial score (nSPS) is 12.1. The smallest absolute Gasteiger partial charge is 0.145 e. The summed E-state index contributed by atoms with van der Waals surface area (Å²) in [7, 11) is 0. The average molecular weight is 517 g/mol. The molecule has 0 bridgehead atoms. The molecule has 0 unspecified atom stereocenters. The van der Waals surface area contributed by atoms with E-state index in [4.69, 9.17) is 4.42 Å². The Morgan fingerprint density at radius 2 is 1.12 bits per heavy atom. The summed E-state index contributed by atoms with van der Waals surface area (Å²) in [5.74, 6) is -0.266. The van der Waals surface area contributed by atoms with Crippen molar-refractivity contribution >= 4 is 65.6 Å². The number of hydrogen-bond acceptors (Lipinski definition) is 1. The molecule has 0 atom stereocenters. The van der Waals surface area contributed by atoms with Crippen LogP contribution in [0.3, 0.4) is 0 Å². The van der Waals surface area contributed by atoms with Crippen LogP contribution in [0.1, 0.15) is 0 Å². The molecule has 0 spiro atoms. The van der Waals surface area contributed by atoms with Gasteiger partial charge in [0.2, 0.25) is 0 Å². The quantitative estimate of drug-likeness (QED) is 0.224. The van der Waals surface area contributed by atoms with Gasteiger partial charge in [0.1, 0.15) is 17.0 Å². The number of furan rings is 1. The highest BCUT2D eigenvalue weighted by atomic mass is 19.1. The fourth-order valence-electron chi connectivity index (χ4n) is 6.55. The molecule has 0 amide bonds. The lowest BCUT2D eigenvalue weighted by molar-refractivity contribution is 0.626. The number of aromatic nitrogens is 2. The number of hydrogen-bond donors (Lipinski definition) is 0. The Labute approximate surface area is 227 Å². The predicted molar refractivity (Wildman–Crippen MR) is 162 cm³/mol. The van der Waals surface area contributed by atoms with E-state index in [9.17, 15) is 4.39 Å². The van der Waals surface area contributed by atoms with Gasteiger partial charge in [-0.05, 0) is 72.8 Å². The fraction of sp³-hybridized carbons (Fsp3) is 0. The SMILES string of the molecule is Fc1ccc2oc3c(ccc4c3c3ccc5c(c6ccccc6n5-c5ccccc5)c3n4-c3ccccc3)c2c1. The molecule has 6 aromatic carbocycles. The molecule has 0 aliphatic heterocycles. The molecule has 9 aromatic rings. The number of nitrogens with zero attached hydrogens (tertiary/aromatic N) is 2. The molecular weight excluding hydrogens is 495 g/mol. The van der Waals surface area contributed by atoms with Crippen molar-refractivity contribution in [2.75, 3.05) is 0 Å². The molecule has 3 heterocycles. The third kappa shape index (κ3) is 2.77. The van der Waals surface area contributed by atoms with Crippen LogP contribution >= 0.6 is 0 Å². The molecule has 0 aliphatic carbocycles. The summed E-state index contributed by atoms with van der Waals surface area (Å²) in [4.78, 5) is 0. The zero-order valence-electron chi connectivity index (χ0n) is 21.3. The first-order valence-electron chi connectivity index (χ1n) is 13.4. The predicted octanol–water partition coefficient (Wildman–Crippen LogP) is 9.92. The van der Waals surface area contributed by atoms with Crippen LogP contribution in [0.15, 0.2) is 132 Å². The molecule has 0 radical (unpaired) electrons. The molecule has 0 fully saturated rings. The number of rotatable bonds is 2. The topological polar surface area (TPSA) is 23.0 Å². The summed E-state index contributed by atoms with van der Waals surface area (Å²) in [6.45, 7) is 0. The Morgan fingerprint density at radius 1 is 0.475 bits per heavy atom. The number of halogens is 1. The van der Waals surface area contributed by atoms with E-state index in [0.29, 0.717) is 5.58 Å². The maximum Gasteiger partial charge on any atom is 0.145 e. The highest BCUT2D eigenvalue weighted by Gasteiger charge is 2.23. The van der Waals surface area contributed by atoms with Crippen LogP contribution in [0.4, 0.5) is 4.39 Å². The van der Waals surface area contributed by atoms with Gasteiger partial charge >= 0.3 is 0 Å². The second kappa shape index (κ2) is 7.84. The van der Waals surface area contributed by atoms with Crippen molar-refractivity contribution in [3.8, 4) is 11.4 Å². The summed E-state index contributed by atoms with van der Waals surface area (Å²) in [5, 5.41) is 6.22. The van der Waals surface area contributed by atoms with E-state index in [1.165, 1.54) is 16.8 Å². The van der Waals surface area contributed by atoms with Gasteiger partial charge in [-0.15, -0.1) is 0 Å². The Kier molecular flexibility index (Phi) is 4.23. The van der Waals surface area contributed by atoms with E-state index < -0.39 is 0 Å². The second-order valence-corrected chi connectivity index (χ2v) is 10.3. The maximum absolute atomic E-state index is 14.3. The highest BCUT2D eigenvalue weighted by Crippen LogP contribution is 2.45. The van der Waals surface area contributed by atoms with Crippen LogP contribution in [0.5, 0.6) is 0 Å². The van der Waals surface area contributed by atoms with Gasteiger partial charge in [-0.2, -0.15) is 0 Å². The molecule has 188 valence electrons. The lowest BCUT2D eigenvalue weighted by Gasteiger charge is -2.10. The summed E-state index contributed by atoms with van der Waals surface area (Å²) in [6, 6.07) is 43.0. The minimum Gasteiger partial charge on any atom is -0.455 e. The molecule has 0 saturated carbocycles. The number of fused-ring (bicyclic) bond motifs is 11. The maximum atomic E-state index is 14.3. The van der Waals surface area contributed by atoms with Crippen LogP contribution in [0, 0.1) is 5.82 Å². The lowest BCUT2D eigenvalue weighted by atomic mass is 10.1. The third-order valence-corrected chi connectivity index (χ3v) is 8.15. The minimum absolute atomic E-state index is 0.266. The summed E-state index contributed by atoms with van der Waals surface area (Å²) in [5.41, 5.74) is 8.15. The van der Waals surface area contributed by atoms with Crippen molar-refractivity contribution in [3.05, 3.63) is 133 Å². The first-order chi connectivity index (χ1) is 19.8. The largest absolute Gasteiger partial charge is 0.455 e. The van der Waals surface area contributed by atoms with E-state index in [1.807, 2.05) is 12.1 Å². The van der Waals surface area contributed by atoms with Crippen molar-refractivity contribution in [3.63, 3.8) is 0 Å². The van der Waals surface area contributed by atoms with Crippen LogP contribution in [-0.2, 0) is 0 Å². The van der Waals surface area contributed by atoms with Gasteiger partial charge in [-0.25, -0.2) is 4.39 Å². The molecule has 9 rings (SSSR count). The van der Waals surface area contributed by atoms with Gasteiger partial charge in [0.15, 0.2) is 0 Å². The van der Waals surface area contributed by atoms with Gasteiger partial charge in [0.05, 0.1) is 27.5 Å². The van der Waals surface area contributed by atoms with Crippen LogP contribution in [0.25, 0.3) is 76.9 Å². The summed E-state index contributed by atoms with van der Waals surface area (Å²) in [6.07, 6.45) is 0. The fourth-order valence-corrected chi connectivity index (χ4v) is 6.55. The Bertz CT molecular complexity index is 2430. The third-order valence-electron chi connectivity index (χ3n) is 8.15. The molecule has 40 heavy (non-hydrogen) atoms. The van der Waals surface area contributed by atoms with E-state index in [-0.39, 0.29) is 5.82 Å². The van der Waals surface area contributed by atoms with Gasteiger partial charge < -0.3 is 13.6 Å². The molecule has 3 aromatic heterocycles. The standard InChI is InChI=1S/C36H21FN2O/c37-22-15-20-32-28(21-22)25-16-18-31-34(36(25)40-32)27-17-19-30-33(35(27)39(31)24-11-5-2-6-12-24)26-13-7-8-14-29(26)38(30)23-9-3-1-4-10-23/h1-21H. The van der Waals surface area contributed by atoms with Crippen LogP contribution < -0.4 is 0 Å². The monoisotopic (exact) mass is 516 g/mol. The van der Waals surface area contributed by atoms with Gasteiger partial charge in [0.25, 0.3) is 0 Å². The van der Waals surface area contributed by atoms with Gasteiger partial charge in [-0.1, -0.05) is 54.6 Å². The van der Waals surface area contributed by atoms with Crippen molar-refractivity contribution in [1.82, 2.24) is 9.13 Å². The number of para-hydroxylation sites is 3. The van der Waals surface area contributed by atoms with Crippen molar-refractivity contribution in [1.29, 1.82) is 0 Å². The number of benzene rings is 6. The molecule has 4 heteroatoms. The highest BCUT2D eigenvalue weighted by molar-refractivity contribution is 6.30. The zero-order valence-corrected chi connectivity index (χ0v) is 21.3. The molecule has 0 aliphatic rings. The van der Waals surface area contributed by atoms with Gasteiger partial charge in [-0.3, -0.25) is 0 Å². The Balaban J connectivity index is 1.56. The molecular formula is C36H21FN2O. The molecule has 3 nitrogen and oxygen atoms in total. The second-order valence-electron chi connectivity index (χ2n) is 10.3. The van der Waals surface area contributed by atoms with Crippen molar-refractivity contribution in [2.24, 2.45) is 0 Å². The van der Waals surface area contributed by atoms with E-state index >= 15 is 0 Å². The summed E-state index contributed by atoms with van der Waals surface area (Å²) < 4.78 is 25.4. The average Bonchev–Trinajstić information content (AvgIpc) is 3.65. The first kappa shape index (κ1) is 21.6. The zero-order chi connectivity index (χ0) is 26.4. The minimum atomic E-state index is -0.266. The summed E-state index contributed by atoms with van der Waals surface area (Å²) >= 11 is 0. The van der Waals surface area contributed by atoms with Crippen LogP contribution in [0.2, 0.25) is 0 Å². The Morgan fingerprint density at radius 3 is 1.90 bits per heavy atom. The molecule has 0 N–H and O–H groups in total. The van der Waals surface area contributed by atoms with Gasteiger partial charge in [0, 0.05) is 38.3 Å². The van der Waals surface area contributed by atoms with Crippen molar-refractivity contribution in [2.45, 2.75) is 0 Å². The molecule has 0 saturated heterocycles. The van der Waals surface area contributed by atoms with E-state index in [1.54, 1.807) is 12.1 Å². The van der Waals surface area contributed by atoms with Crippen LogP contribution in [-0.4, -0.2) is 9.13 Å². The van der Waals surface area contributed by atoms with Crippen molar-refractivity contribution < 1.29 is 8.81 Å². The van der Waals surface area contributed by atoms with E-state index in [2.05, 4.69) is 106 Å². The Hall–Kier alpha value is -5.35. The van der Waals surface area contributed by atoms with E-state index in [0.717, 1.165) is 60.6 Å².